The van der Waals surface area contributed by atoms with Gasteiger partial charge in [0.15, 0.2) is 5.76 Å². The molecule has 0 amide bonds. The fourth-order valence-corrected chi connectivity index (χ4v) is 4.43. The highest BCUT2D eigenvalue weighted by atomic mass is 32.1. The molecule has 0 radical (unpaired) electrons. The van der Waals surface area contributed by atoms with Gasteiger partial charge in [-0.2, -0.15) is 5.10 Å². The van der Waals surface area contributed by atoms with Gasteiger partial charge in [-0.3, -0.25) is 15.1 Å². The molecule has 2 aromatic heterocycles. The minimum atomic E-state index is -0.570. The van der Waals surface area contributed by atoms with Crippen molar-refractivity contribution >= 4 is 23.4 Å². The fourth-order valence-electron chi connectivity index (χ4n) is 3.53. The van der Waals surface area contributed by atoms with E-state index in [1.54, 1.807) is 11.8 Å². The van der Waals surface area contributed by atoms with Crippen LogP contribution in [-0.2, 0) is 0 Å². The summed E-state index contributed by atoms with van der Waals surface area (Å²) in [6.07, 6.45) is 7.28. The van der Waals surface area contributed by atoms with Gasteiger partial charge in [-0.15, -0.1) is 11.3 Å². The SMILES string of the molecule is COc1ccccc1-c1csc(=NC2CCCCC2)n1N=Cc1ccc([N+](=O)[O-])o1. The van der Waals surface area contributed by atoms with Gasteiger partial charge >= 0.3 is 5.88 Å². The summed E-state index contributed by atoms with van der Waals surface area (Å²) in [6, 6.07) is 10.8. The van der Waals surface area contributed by atoms with Crippen LogP contribution in [-0.4, -0.2) is 29.0 Å². The third-order valence-corrected chi connectivity index (χ3v) is 5.86. The molecule has 0 aliphatic heterocycles. The first-order valence-corrected chi connectivity index (χ1v) is 10.7. The Labute approximate surface area is 177 Å². The number of hydrogen-bond acceptors (Lipinski definition) is 7. The van der Waals surface area contributed by atoms with E-state index < -0.39 is 4.92 Å². The lowest BCUT2D eigenvalue weighted by molar-refractivity contribution is -0.402. The lowest BCUT2D eigenvalue weighted by Crippen LogP contribution is -2.19. The minimum absolute atomic E-state index is 0.286. The third-order valence-electron chi connectivity index (χ3n) is 5.03. The largest absolute Gasteiger partial charge is 0.496 e. The minimum Gasteiger partial charge on any atom is -0.496 e. The van der Waals surface area contributed by atoms with Crippen molar-refractivity contribution in [1.82, 2.24) is 4.68 Å². The second-order valence-corrected chi connectivity index (χ2v) is 7.85. The van der Waals surface area contributed by atoms with Gasteiger partial charge in [0.1, 0.15) is 10.7 Å². The van der Waals surface area contributed by atoms with Gasteiger partial charge in [-0.1, -0.05) is 31.4 Å². The molecule has 4 rings (SSSR count). The van der Waals surface area contributed by atoms with Crippen LogP contribution in [0.2, 0.25) is 0 Å². The van der Waals surface area contributed by atoms with E-state index in [1.807, 2.05) is 29.6 Å². The summed E-state index contributed by atoms with van der Waals surface area (Å²) in [7, 11) is 1.63. The van der Waals surface area contributed by atoms with Gasteiger partial charge in [-0.05, 0) is 31.0 Å². The first kappa shape index (κ1) is 20.1. The molecule has 0 unspecified atom stereocenters. The Morgan fingerprint density at radius 3 is 2.77 bits per heavy atom. The van der Waals surface area contributed by atoms with Crippen LogP contribution in [0.15, 0.2) is 56.3 Å². The molecule has 1 aromatic carbocycles. The Hall–Kier alpha value is -3.20. The molecule has 0 bridgehead atoms. The average Bonchev–Trinajstić information content (AvgIpc) is 3.40. The molecule has 8 nitrogen and oxygen atoms in total. The molecule has 0 spiro atoms. The van der Waals surface area contributed by atoms with Crippen LogP contribution in [0.1, 0.15) is 37.9 Å². The first-order chi connectivity index (χ1) is 14.7. The Morgan fingerprint density at radius 1 is 1.23 bits per heavy atom. The van der Waals surface area contributed by atoms with Gasteiger partial charge < -0.3 is 9.15 Å². The number of furan rings is 1. The van der Waals surface area contributed by atoms with Crippen molar-refractivity contribution in [3.05, 3.63) is 62.5 Å². The molecule has 2 heterocycles. The number of nitro groups is 1. The number of nitrogens with zero attached hydrogens (tertiary/aromatic N) is 4. The zero-order valence-corrected chi connectivity index (χ0v) is 17.4. The van der Waals surface area contributed by atoms with Crippen LogP contribution >= 0.6 is 11.3 Å². The van der Waals surface area contributed by atoms with E-state index in [9.17, 15) is 10.1 Å². The number of methoxy groups -OCH3 is 1. The van der Waals surface area contributed by atoms with E-state index in [4.69, 9.17) is 14.1 Å². The number of thiazole rings is 1. The number of aromatic nitrogens is 1. The van der Waals surface area contributed by atoms with Crippen molar-refractivity contribution < 1.29 is 14.1 Å². The Balaban J connectivity index is 1.78. The summed E-state index contributed by atoms with van der Waals surface area (Å²) in [5, 5.41) is 17.4. The normalized spacial score (nSPS) is 15.7. The average molecular weight is 426 g/mol. The molecule has 1 aliphatic carbocycles. The highest BCUT2D eigenvalue weighted by Crippen LogP contribution is 2.30. The van der Waals surface area contributed by atoms with Gasteiger partial charge in [0.2, 0.25) is 4.80 Å². The van der Waals surface area contributed by atoms with E-state index in [1.165, 1.54) is 48.9 Å². The summed E-state index contributed by atoms with van der Waals surface area (Å²) in [5.74, 6) is 0.718. The van der Waals surface area contributed by atoms with Crippen molar-refractivity contribution in [1.29, 1.82) is 0 Å². The van der Waals surface area contributed by atoms with Crippen LogP contribution in [0.4, 0.5) is 5.88 Å². The zero-order chi connectivity index (χ0) is 20.9. The van der Waals surface area contributed by atoms with E-state index in [0.717, 1.165) is 34.6 Å². The first-order valence-electron chi connectivity index (χ1n) is 9.82. The third kappa shape index (κ3) is 4.35. The predicted molar refractivity (Wildman–Crippen MR) is 115 cm³/mol. The van der Waals surface area contributed by atoms with Gasteiger partial charge in [-0.25, -0.2) is 4.68 Å². The van der Waals surface area contributed by atoms with Crippen molar-refractivity contribution in [2.75, 3.05) is 7.11 Å². The lowest BCUT2D eigenvalue weighted by Gasteiger charge is -2.16. The van der Waals surface area contributed by atoms with Gasteiger partial charge in [0, 0.05) is 10.9 Å². The van der Waals surface area contributed by atoms with Crippen LogP contribution in [0, 0.1) is 10.1 Å². The molecule has 1 aliphatic rings. The molecule has 9 heteroatoms. The molecule has 0 N–H and O–H groups in total. The van der Waals surface area contributed by atoms with Crippen molar-refractivity contribution in [2.45, 2.75) is 38.1 Å². The van der Waals surface area contributed by atoms with E-state index in [-0.39, 0.29) is 11.9 Å². The van der Waals surface area contributed by atoms with Crippen molar-refractivity contribution in [2.24, 2.45) is 10.1 Å². The van der Waals surface area contributed by atoms with Crippen molar-refractivity contribution in [3.63, 3.8) is 0 Å². The van der Waals surface area contributed by atoms with Crippen molar-refractivity contribution in [3.8, 4) is 17.0 Å². The smallest absolute Gasteiger partial charge is 0.433 e. The highest BCUT2D eigenvalue weighted by molar-refractivity contribution is 7.07. The quantitative estimate of drug-likeness (QED) is 0.320. The van der Waals surface area contributed by atoms with Gasteiger partial charge in [0.25, 0.3) is 0 Å². The van der Waals surface area contributed by atoms with E-state index in [2.05, 4.69) is 5.10 Å². The Morgan fingerprint density at radius 2 is 2.03 bits per heavy atom. The molecular formula is C21H22N4O4S. The van der Waals surface area contributed by atoms with Crippen LogP contribution in [0.25, 0.3) is 11.3 Å². The zero-order valence-electron chi connectivity index (χ0n) is 16.6. The fraction of sp³-hybridized carbons (Fsp3) is 0.333. The monoisotopic (exact) mass is 426 g/mol. The Bertz CT molecular complexity index is 1120. The molecule has 3 aromatic rings. The van der Waals surface area contributed by atoms with E-state index in [0.29, 0.717) is 5.76 Å². The lowest BCUT2D eigenvalue weighted by atomic mass is 9.96. The maximum Gasteiger partial charge on any atom is 0.433 e. The van der Waals surface area contributed by atoms with Crippen LogP contribution < -0.4 is 9.54 Å². The molecule has 30 heavy (non-hydrogen) atoms. The summed E-state index contributed by atoms with van der Waals surface area (Å²) >= 11 is 1.52. The summed E-state index contributed by atoms with van der Waals surface area (Å²) in [4.78, 5) is 16.0. The molecule has 0 atom stereocenters. The van der Waals surface area contributed by atoms with E-state index >= 15 is 0 Å². The van der Waals surface area contributed by atoms with Crippen LogP contribution in [0.5, 0.6) is 5.75 Å². The number of ether oxygens (including phenoxy) is 1. The molecular weight excluding hydrogens is 404 g/mol. The Kier molecular flexibility index (Phi) is 6.08. The standard InChI is InChI=1S/C21H22N4O4S/c1-28-19-10-6-5-9-17(19)18-14-30-21(23-15-7-3-2-4-8-15)24(18)22-13-16-11-12-20(29-16)25(26)27/h5-6,9-15H,2-4,7-8H2,1H3. The maximum absolute atomic E-state index is 10.9. The summed E-state index contributed by atoms with van der Waals surface area (Å²) in [6.45, 7) is 0. The second kappa shape index (κ2) is 9.08. The number of benzene rings is 1. The topological polar surface area (TPSA) is 95.2 Å². The van der Waals surface area contributed by atoms with Crippen LogP contribution in [0.3, 0.4) is 0 Å². The number of rotatable bonds is 6. The highest BCUT2D eigenvalue weighted by Gasteiger charge is 2.16. The predicted octanol–water partition coefficient (Wildman–Crippen LogP) is 4.84. The summed E-state index contributed by atoms with van der Waals surface area (Å²) < 4.78 is 12.5. The molecule has 1 fully saturated rings. The maximum atomic E-state index is 10.9. The summed E-state index contributed by atoms with van der Waals surface area (Å²) in [5.41, 5.74) is 1.73. The number of hydrogen-bond donors (Lipinski definition) is 0. The second-order valence-electron chi connectivity index (χ2n) is 7.01. The molecule has 0 saturated heterocycles. The molecule has 1 saturated carbocycles. The van der Waals surface area contributed by atoms with Gasteiger partial charge in [0.05, 0.1) is 31.1 Å². The number of para-hydroxylation sites is 1. The molecule has 156 valence electrons.